The minimum atomic E-state index is -2.72. The van der Waals surface area contributed by atoms with Crippen molar-refractivity contribution in [3.63, 3.8) is 0 Å². The van der Waals surface area contributed by atoms with Gasteiger partial charge in [-0.3, -0.25) is 24.0 Å². The van der Waals surface area contributed by atoms with Gasteiger partial charge in [-0.1, -0.05) is 0 Å². The van der Waals surface area contributed by atoms with E-state index in [1.807, 2.05) is 0 Å². The van der Waals surface area contributed by atoms with Gasteiger partial charge in [-0.2, -0.15) is 0 Å². The molecule has 115 heavy (non-hydrogen) atoms. The molecule has 664 valence electrons. The van der Waals surface area contributed by atoms with E-state index in [-0.39, 0.29) is 0 Å². The zero-order chi connectivity index (χ0) is 84.8. The number of hydrogen-bond acceptors (Lipinski definition) is 46. The van der Waals surface area contributed by atoms with Crippen LogP contribution in [-0.2, 0) is 104 Å². The first-order valence-corrected chi connectivity index (χ1v) is 36.6. The number of ether oxygens (including phenoxy) is 17. The van der Waals surface area contributed by atoms with E-state index < -0.39 is 365 Å². The predicted molar refractivity (Wildman–Crippen MR) is 355 cm³/mol. The Morgan fingerprint density at radius 3 is 0.861 bits per heavy atom. The molecule has 9 fully saturated rings. The van der Waals surface area contributed by atoms with Gasteiger partial charge in [0.1, 0.15) is 219 Å². The number of carbonyl (C=O) groups is 5. The number of hydrogen-bond donors (Lipinski definition) is 29. The number of nitrogens with one attached hydrogen (secondary N) is 5. The van der Waals surface area contributed by atoms with Crippen molar-refractivity contribution in [1.29, 1.82) is 0 Å². The van der Waals surface area contributed by atoms with Gasteiger partial charge in [0.15, 0.2) is 56.6 Å². The molecule has 0 saturated carbocycles. The molecular weight excluding hydrogens is 1570 g/mol. The largest absolute Gasteiger partial charge is 0.394 e. The van der Waals surface area contributed by atoms with Crippen LogP contribution in [0.2, 0.25) is 0 Å². The van der Waals surface area contributed by atoms with Crippen molar-refractivity contribution in [2.24, 2.45) is 0 Å². The molecule has 1 unspecified atom stereocenters. The van der Waals surface area contributed by atoms with E-state index in [0.717, 1.165) is 34.6 Å². The summed E-state index contributed by atoms with van der Waals surface area (Å²) in [7, 11) is 0. The van der Waals surface area contributed by atoms with Gasteiger partial charge in [0, 0.05) is 34.6 Å². The average Bonchev–Trinajstić information content (AvgIpc) is 0.757. The SMILES string of the molecule is CC(=O)N[C@H]1[C@H](O[C@H]2[C@H](O)[C@@H](NC(C)=O)C(O)O[C@@H]2CO)O[C@H](CO)[C@@H](O[C@@H]2O[C@H](CO[C@H]3O[C@H](CO)[C@@H](O)[C@H](O)[C@@H]3O[C@@H]3O[C@H](CO)[C@@H](O)[C@H](O)[C@H]3NC(C)=O)[C@@H](O[C@@H]3O[C@H](CO)[C@@H](O)[C@H](O)[C@H]3NC(C)=O)[C@H](O[C@H]3O[C@H](CO)[C@@H](O)[C@H](O)[C@@H]3O[C@@H]3O[C@H](CO)[C@@H](O[C@@H]4O[C@H](CO)[C@H](O)[C@H](O)[C@H]4O)[C@H](O)[C@H]3NC(C)=O)[C@@H]2O)[C@@H]1O. The Balaban J connectivity index is 1.17. The second-order valence-electron chi connectivity index (χ2n) is 28.9. The van der Waals surface area contributed by atoms with Crippen LogP contribution in [-0.4, -0.2) is 488 Å². The summed E-state index contributed by atoms with van der Waals surface area (Å²) < 4.78 is 103. The van der Waals surface area contributed by atoms with Crippen LogP contribution >= 0.6 is 0 Å². The maximum Gasteiger partial charge on any atom is 0.217 e. The smallest absolute Gasteiger partial charge is 0.217 e. The average molecular weight is 1680 g/mol. The Bertz CT molecular complexity index is 3100. The van der Waals surface area contributed by atoms with Crippen molar-refractivity contribution in [3.8, 4) is 0 Å². The summed E-state index contributed by atoms with van der Waals surface area (Å²) in [5.41, 5.74) is 0. The minimum absolute atomic E-state index is 0.806. The Hall–Kier alpha value is -4.29. The molecular formula is C64H107N5O46. The summed E-state index contributed by atoms with van der Waals surface area (Å²) >= 11 is 0. The lowest BCUT2D eigenvalue weighted by Gasteiger charge is -2.52. The van der Waals surface area contributed by atoms with Crippen LogP contribution in [0.15, 0.2) is 0 Å². The summed E-state index contributed by atoms with van der Waals surface area (Å²) in [6, 6.07) is -9.49. The number of aliphatic hydroxyl groups is 24. The minimum Gasteiger partial charge on any atom is -0.394 e. The molecule has 9 saturated heterocycles. The standard InChI is InChI=1S/C64H107N5O46/c1-15(78)65-29-41(90)49(25(11-75)100-56(29)98)109-59-32(68-18(4)81)42(91)51(27(13-77)106-59)111-62-48(97)53(113-64-55(46(95)38(87)24(10-74)105-64)115-60-33(69-19(5)82)43(92)50(26(12-76)107-60)110-61-47(96)44(93)36(85)22(8-72)103-61)52(112-57-30(66-16(2)79)39(88)34(83)20(6-70)101-57)28(108-62)14-99-63-54(45(94)37(86)23(9-73)104-63)114-58-31(67-17(3)80)40(89)35(84)21(7-71)102-58/h20-64,70-77,83-98H,6-14H2,1-5H3,(H,65,78)(H,66,79)(H,67,80)(H,68,81)(H,69,82)/t20-,21-,22-,23-,24-,25-,26-,27-,28-,29-,30-,31-,32-,33-,34-,35-,36+,37-,38-,39-,40-,41-,42-,43-,44+,45+,46+,47-,48+,49-,50-,51-,52-,53-,54+,55+,56?,57+,58+,59+,60+,61+,62+,63+,64-/m1/s1. The maximum atomic E-state index is 13.3. The van der Waals surface area contributed by atoms with Crippen LogP contribution < -0.4 is 26.6 Å². The molecule has 29 N–H and O–H groups in total. The summed E-state index contributed by atoms with van der Waals surface area (Å²) in [5.74, 6) is -4.64. The third kappa shape index (κ3) is 21.3. The molecule has 0 bridgehead atoms. The maximum absolute atomic E-state index is 13.3. The molecule has 9 aliphatic heterocycles. The first-order valence-electron chi connectivity index (χ1n) is 36.6. The third-order valence-electron chi connectivity index (χ3n) is 20.8. The molecule has 0 radical (unpaired) electrons. The highest BCUT2D eigenvalue weighted by molar-refractivity contribution is 5.75. The first-order chi connectivity index (χ1) is 54.4. The van der Waals surface area contributed by atoms with Gasteiger partial charge in [-0.15, -0.1) is 0 Å². The predicted octanol–water partition coefficient (Wildman–Crippen LogP) is -19.9. The molecule has 0 aliphatic carbocycles. The quantitative estimate of drug-likeness (QED) is 0.0318. The lowest BCUT2D eigenvalue weighted by molar-refractivity contribution is -0.408. The van der Waals surface area contributed by atoms with Gasteiger partial charge in [-0.25, -0.2) is 0 Å². The monoisotopic (exact) mass is 1680 g/mol. The van der Waals surface area contributed by atoms with E-state index in [0.29, 0.717) is 0 Å². The number of carbonyl (C=O) groups excluding carboxylic acids is 5. The molecule has 45 atom stereocenters. The molecule has 51 nitrogen and oxygen atoms in total. The van der Waals surface area contributed by atoms with Crippen LogP contribution in [0.25, 0.3) is 0 Å². The molecule has 9 aliphatic rings. The van der Waals surface area contributed by atoms with Crippen molar-refractivity contribution in [3.05, 3.63) is 0 Å². The van der Waals surface area contributed by atoms with Gasteiger partial charge in [-0.05, 0) is 0 Å². The lowest BCUT2D eigenvalue weighted by Crippen LogP contribution is -2.71. The Morgan fingerprint density at radius 1 is 0.226 bits per heavy atom. The Morgan fingerprint density at radius 2 is 0.478 bits per heavy atom. The Labute approximate surface area is 651 Å². The van der Waals surface area contributed by atoms with Crippen molar-refractivity contribution in [2.75, 3.05) is 59.5 Å². The van der Waals surface area contributed by atoms with Gasteiger partial charge in [0.2, 0.25) is 29.5 Å². The van der Waals surface area contributed by atoms with Crippen molar-refractivity contribution >= 4 is 29.5 Å². The van der Waals surface area contributed by atoms with E-state index in [1.54, 1.807) is 0 Å². The van der Waals surface area contributed by atoms with E-state index >= 15 is 0 Å². The van der Waals surface area contributed by atoms with Crippen LogP contribution in [0, 0.1) is 0 Å². The van der Waals surface area contributed by atoms with Crippen LogP contribution in [0.3, 0.4) is 0 Å². The summed E-state index contributed by atoms with van der Waals surface area (Å²) in [5, 5.41) is 281. The fourth-order valence-electron chi connectivity index (χ4n) is 14.9. The number of aliphatic hydroxyl groups excluding tert-OH is 24. The second kappa shape index (κ2) is 41.5. The van der Waals surface area contributed by atoms with Crippen LogP contribution in [0.5, 0.6) is 0 Å². The molecule has 0 aromatic rings. The zero-order valence-electron chi connectivity index (χ0n) is 62.1. The van der Waals surface area contributed by atoms with Crippen molar-refractivity contribution < 1.29 is 227 Å². The van der Waals surface area contributed by atoms with Crippen LogP contribution in [0.4, 0.5) is 0 Å². The summed E-state index contributed by atoms with van der Waals surface area (Å²) in [6.45, 7) is -5.57. The van der Waals surface area contributed by atoms with Crippen molar-refractivity contribution in [2.45, 2.75) is 311 Å². The van der Waals surface area contributed by atoms with Gasteiger partial charge < -0.3 is 230 Å². The summed E-state index contributed by atoms with van der Waals surface area (Å²) in [4.78, 5) is 64.2. The molecule has 0 aromatic carbocycles. The molecule has 0 spiro atoms. The zero-order valence-corrected chi connectivity index (χ0v) is 62.1. The molecule has 0 aromatic heterocycles. The molecule has 5 amide bonds. The number of amides is 5. The van der Waals surface area contributed by atoms with E-state index in [1.165, 1.54) is 0 Å². The van der Waals surface area contributed by atoms with E-state index in [2.05, 4.69) is 26.6 Å². The van der Waals surface area contributed by atoms with Crippen LogP contribution in [0.1, 0.15) is 34.6 Å². The second-order valence-corrected chi connectivity index (χ2v) is 28.9. The fraction of sp³-hybridized carbons (Fsp3) is 0.922. The first kappa shape index (κ1) is 94.6. The van der Waals surface area contributed by atoms with Crippen molar-refractivity contribution in [1.82, 2.24) is 26.6 Å². The topological polar surface area (TPSA) is 788 Å². The normalized spacial score (nSPS) is 47.9. The number of rotatable bonds is 30. The molecule has 9 heterocycles. The van der Waals surface area contributed by atoms with Gasteiger partial charge in [0.05, 0.1) is 59.5 Å². The van der Waals surface area contributed by atoms with Gasteiger partial charge in [0.25, 0.3) is 0 Å². The van der Waals surface area contributed by atoms with E-state index in [4.69, 9.17) is 80.5 Å². The highest BCUT2D eigenvalue weighted by Gasteiger charge is 2.62. The highest BCUT2D eigenvalue weighted by Crippen LogP contribution is 2.41. The fourth-order valence-corrected chi connectivity index (χ4v) is 14.9. The third-order valence-corrected chi connectivity index (χ3v) is 20.8. The lowest BCUT2D eigenvalue weighted by atomic mass is 9.93. The van der Waals surface area contributed by atoms with Gasteiger partial charge >= 0.3 is 0 Å². The molecule has 9 rings (SSSR count). The summed E-state index contributed by atoms with van der Waals surface area (Å²) in [6.07, 6.45) is -85.8. The van der Waals surface area contributed by atoms with E-state index in [9.17, 15) is 147 Å². The molecule has 51 heteroatoms. The Kier molecular flexibility index (Phi) is 34.1. The highest BCUT2D eigenvalue weighted by atomic mass is 16.8.